The predicted octanol–water partition coefficient (Wildman–Crippen LogP) is 2.71. The van der Waals surface area contributed by atoms with E-state index in [9.17, 15) is 5.11 Å². The van der Waals surface area contributed by atoms with E-state index in [1.54, 1.807) is 0 Å². The van der Waals surface area contributed by atoms with E-state index in [-0.39, 0.29) is 17.8 Å². The molecule has 1 heterocycles. The molecule has 2 atom stereocenters. The molecule has 0 spiro atoms. The fourth-order valence-corrected chi connectivity index (χ4v) is 3.71. The summed E-state index contributed by atoms with van der Waals surface area (Å²) in [5.74, 6) is 2.03. The summed E-state index contributed by atoms with van der Waals surface area (Å²) in [7, 11) is 3.70. The molecule has 1 N–H and O–H groups in total. The second kappa shape index (κ2) is 5.64. The van der Waals surface area contributed by atoms with Crippen molar-refractivity contribution in [3.63, 3.8) is 0 Å². The van der Waals surface area contributed by atoms with Gasteiger partial charge in [-0.3, -0.25) is 0 Å². The third-order valence-corrected chi connectivity index (χ3v) is 4.47. The first kappa shape index (κ1) is 12.7. The second-order valence-corrected chi connectivity index (χ2v) is 7.21. The van der Waals surface area contributed by atoms with Gasteiger partial charge in [-0.25, -0.2) is 0 Å². The van der Waals surface area contributed by atoms with Gasteiger partial charge in [0.15, 0.2) is 0 Å². The van der Waals surface area contributed by atoms with Crippen LogP contribution < -0.4 is 0 Å². The lowest BCUT2D eigenvalue weighted by Crippen LogP contribution is -2.38. The third-order valence-electron chi connectivity index (χ3n) is 1.98. The minimum atomic E-state index is -0.289. The molecule has 0 aromatic rings. The first-order valence-corrected chi connectivity index (χ1v) is 7.58. The Morgan fingerprint density at radius 2 is 2.00 bits per heavy atom. The molecule has 1 fully saturated rings. The number of hydrogen-bond acceptors (Lipinski definition) is 4. The maximum atomic E-state index is 9.89. The van der Waals surface area contributed by atoms with Crippen molar-refractivity contribution in [1.82, 2.24) is 0 Å². The van der Waals surface area contributed by atoms with Crippen LogP contribution in [0.2, 0.25) is 0 Å². The Hall–Kier alpha value is 0.620. The van der Waals surface area contributed by atoms with E-state index in [0.717, 1.165) is 24.3 Å². The third kappa shape index (κ3) is 4.91. The van der Waals surface area contributed by atoms with Crippen molar-refractivity contribution < 1.29 is 9.84 Å². The monoisotopic (exact) mass is 236 g/mol. The number of hydrogen-bond donors (Lipinski definition) is 1. The lowest BCUT2D eigenvalue weighted by molar-refractivity contribution is -0.101. The van der Waals surface area contributed by atoms with Crippen molar-refractivity contribution >= 4 is 21.6 Å². The van der Waals surface area contributed by atoms with Crippen molar-refractivity contribution in [3.8, 4) is 0 Å². The van der Waals surface area contributed by atoms with Gasteiger partial charge in [-0.2, -0.15) is 0 Å². The van der Waals surface area contributed by atoms with Crippen molar-refractivity contribution in [2.24, 2.45) is 0 Å². The average Bonchev–Trinajstić information content (AvgIpc) is 2.03. The second-order valence-electron chi connectivity index (χ2n) is 4.58. The summed E-state index contributed by atoms with van der Waals surface area (Å²) in [4.78, 5) is 0. The molecular weight excluding hydrogens is 216 g/mol. The zero-order valence-electron chi connectivity index (χ0n) is 9.16. The summed E-state index contributed by atoms with van der Waals surface area (Å²) in [5, 5.41) is 9.89. The first-order chi connectivity index (χ1) is 6.49. The average molecular weight is 236 g/mol. The van der Waals surface area contributed by atoms with Crippen LogP contribution in [0.25, 0.3) is 0 Å². The van der Waals surface area contributed by atoms with E-state index < -0.39 is 0 Å². The Balaban J connectivity index is 2.45. The molecule has 0 saturated carbocycles. The van der Waals surface area contributed by atoms with E-state index in [2.05, 4.69) is 0 Å². The van der Waals surface area contributed by atoms with Gasteiger partial charge in [0.05, 0.1) is 17.8 Å². The van der Waals surface area contributed by atoms with Crippen LogP contribution in [0.5, 0.6) is 0 Å². The highest BCUT2D eigenvalue weighted by atomic mass is 33.1. The summed E-state index contributed by atoms with van der Waals surface area (Å²) in [5.41, 5.74) is -0.157. The summed E-state index contributed by atoms with van der Waals surface area (Å²) >= 11 is 0. The summed E-state index contributed by atoms with van der Waals surface area (Å²) in [6.45, 7) is 6.11. The lowest BCUT2D eigenvalue weighted by atomic mass is 10.1. The summed E-state index contributed by atoms with van der Waals surface area (Å²) in [6.07, 6.45) is 1.66. The molecule has 0 amide bonds. The predicted molar refractivity (Wildman–Crippen MR) is 64.8 cm³/mol. The van der Waals surface area contributed by atoms with Gasteiger partial charge in [-0.05, 0) is 33.6 Å². The minimum absolute atomic E-state index is 0.00667. The zero-order chi connectivity index (χ0) is 10.6. The molecule has 0 bridgehead atoms. The van der Waals surface area contributed by atoms with Crippen molar-refractivity contribution in [1.29, 1.82) is 0 Å². The molecule has 0 radical (unpaired) electrons. The zero-order valence-corrected chi connectivity index (χ0v) is 10.8. The molecule has 1 aliphatic heterocycles. The van der Waals surface area contributed by atoms with Gasteiger partial charge >= 0.3 is 0 Å². The van der Waals surface area contributed by atoms with Crippen molar-refractivity contribution in [3.05, 3.63) is 0 Å². The summed E-state index contributed by atoms with van der Waals surface area (Å²) < 4.78 is 5.84. The Kier molecular flexibility index (Phi) is 5.11. The van der Waals surface area contributed by atoms with Gasteiger partial charge in [-0.1, -0.05) is 21.6 Å². The number of rotatable bonds is 1. The fourth-order valence-electron chi connectivity index (χ4n) is 1.39. The van der Waals surface area contributed by atoms with E-state index >= 15 is 0 Å². The van der Waals surface area contributed by atoms with Gasteiger partial charge in [0.2, 0.25) is 0 Å². The van der Waals surface area contributed by atoms with Crippen LogP contribution in [-0.2, 0) is 4.74 Å². The SMILES string of the molecule is CC(C)(C)OC1CSSCCCC1O. The Bertz CT molecular complexity index is 168. The number of ether oxygens (including phenoxy) is 1. The maximum absolute atomic E-state index is 9.89. The van der Waals surface area contributed by atoms with Gasteiger partial charge in [0, 0.05) is 11.5 Å². The van der Waals surface area contributed by atoms with Crippen LogP contribution >= 0.6 is 21.6 Å². The molecule has 4 heteroatoms. The molecule has 2 unspecified atom stereocenters. The van der Waals surface area contributed by atoms with Crippen LogP contribution in [0.1, 0.15) is 33.6 Å². The quantitative estimate of drug-likeness (QED) is 0.709. The standard InChI is InChI=1S/C10H20O2S2/c1-10(2,3)12-9-7-14-13-6-4-5-8(9)11/h8-9,11H,4-7H2,1-3H3. The fraction of sp³-hybridized carbons (Fsp3) is 1.00. The Labute approximate surface area is 94.6 Å². The Morgan fingerprint density at radius 1 is 1.29 bits per heavy atom. The maximum Gasteiger partial charge on any atom is 0.0939 e. The van der Waals surface area contributed by atoms with E-state index in [1.807, 2.05) is 42.4 Å². The topological polar surface area (TPSA) is 29.5 Å². The van der Waals surface area contributed by atoms with Gasteiger partial charge in [0.25, 0.3) is 0 Å². The van der Waals surface area contributed by atoms with Crippen LogP contribution in [-0.4, -0.2) is 34.4 Å². The van der Waals surface area contributed by atoms with E-state index in [4.69, 9.17) is 4.74 Å². The molecule has 0 aromatic carbocycles. The molecule has 14 heavy (non-hydrogen) atoms. The van der Waals surface area contributed by atoms with E-state index in [0.29, 0.717) is 0 Å². The summed E-state index contributed by atoms with van der Waals surface area (Å²) in [6, 6.07) is 0. The largest absolute Gasteiger partial charge is 0.390 e. The van der Waals surface area contributed by atoms with Gasteiger partial charge in [-0.15, -0.1) is 0 Å². The van der Waals surface area contributed by atoms with Crippen LogP contribution in [0.3, 0.4) is 0 Å². The smallest absolute Gasteiger partial charge is 0.0939 e. The highest BCUT2D eigenvalue weighted by Gasteiger charge is 2.26. The highest BCUT2D eigenvalue weighted by Crippen LogP contribution is 2.30. The van der Waals surface area contributed by atoms with Gasteiger partial charge in [0.1, 0.15) is 0 Å². The minimum Gasteiger partial charge on any atom is -0.390 e. The van der Waals surface area contributed by atoms with Crippen LogP contribution in [0.4, 0.5) is 0 Å². The highest BCUT2D eigenvalue weighted by molar-refractivity contribution is 8.76. The molecule has 1 aliphatic rings. The molecule has 84 valence electrons. The van der Waals surface area contributed by atoms with E-state index in [1.165, 1.54) is 0 Å². The number of aliphatic hydroxyl groups is 1. The normalized spacial score (nSPS) is 30.9. The molecule has 0 aliphatic carbocycles. The van der Waals surface area contributed by atoms with Gasteiger partial charge < -0.3 is 9.84 Å². The van der Waals surface area contributed by atoms with Crippen molar-refractivity contribution in [2.45, 2.75) is 51.4 Å². The molecule has 1 saturated heterocycles. The molecule has 0 aromatic heterocycles. The molecule has 2 nitrogen and oxygen atoms in total. The van der Waals surface area contributed by atoms with Crippen LogP contribution in [0, 0.1) is 0 Å². The Morgan fingerprint density at radius 3 is 2.64 bits per heavy atom. The molecule has 1 rings (SSSR count). The van der Waals surface area contributed by atoms with Crippen molar-refractivity contribution in [2.75, 3.05) is 11.5 Å². The van der Waals surface area contributed by atoms with Crippen LogP contribution in [0.15, 0.2) is 0 Å². The lowest BCUT2D eigenvalue weighted by Gasteiger charge is -2.31. The molecular formula is C10H20O2S2. The first-order valence-electron chi connectivity index (χ1n) is 5.09. The number of aliphatic hydroxyl groups excluding tert-OH is 1.